The van der Waals surface area contributed by atoms with Gasteiger partial charge in [-0.25, -0.2) is 0 Å². The number of carbonyl (C=O) groups is 13. The van der Waals surface area contributed by atoms with Gasteiger partial charge in [-0.3, -0.25) is 62.3 Å². The second-order valence-corrected chi connectivity index (χ2v) is 19.7. The zero-order chi connectivity index (χ0) is 63.0. The van der Waals surface area contributed by atoms with E-state index in [1.54, 1.807) is 0 Å². The summed E-state index contributed by atoms with van der Waals surface area (Å²) in [4.78, 5) is 165. The lowest BCUT2D eigenvalue weighted by atomic mass is 9.94. The van der Waals surface area contributed by atoms with Crippen LogP contribution >= 0.6 is 15.9 Å². The van der Waals surface area contributed by atoms with Crippen molar-refractivity contribution in [1.82, 2.24) is 0 Å². The summed E-state index contributed by atoms with van der Waals surface area (Å²) in [6.45, 7) is 9.47. The van der Waals surface area contributed by atoms with E-state index in [9.17, 15) is 62.3 Å². The van der Waals surface area contributed by atoms with Crippen LogP contribution in [-0.2, 0) is 157 Å². The highest BCUT2D eigenvalue weighted by Crippen LogP contribution is 2.40. The highest BCUT2D eigenvalue weighted by atomic mass is 79.9. The van der Waals surface area contributed by atoms with Crippen molar-refractivity contribution in [1.29, 1.82) is 0 Å². The van der Waals surface area contributed by atoms with Gasteiger partial charge in [-0.1, -0.05) is 15.9 Å². The van der Waals surface area contributed by atoms with E-state index in [1.807, 2.05) is 0 Å². The highest BCUT2D eigenvalue weighted by molar-refractivity contribution is 9.09. The van der Waals surface area contributed by atoms with E-state index in [4.69, 9.17) is 94.7 Å². The summed E-state index contributed by atoms with van der Waals surface area (Å²) in [5.74, 6) is -13.0. The number of hydrogen-bond donors (Lipinski definition) is 0. The lowest BCUT2D eigenvalue weighted by Gasteiger charge is -2.51. The fraction of sp³-hybridized carbons (Fsp3) is 0.740. The van der Waals surface area contributed by atoms with Gasteiger partial charge in [0, 0.05) is 90.0 Å². The monoisotopic (exact) mass is 1270 g/mol. The number of carbonyl (C=O) groups excluding carboxylic acids is 13. The average Bonchev–Trinajstić information content (AvgIpc) is 1.24. The second-order valence-electron chi connectivity index (χ2n) is 18.8. The predicted octanol–water partition coefficient (Wildman–Crippen LogP) is -0.926. The minimum absolute atomic E-state index is 0.589. The summed E-state index contributed by atoms with van der Waals surface area (Å²) >= 11 is 3.26. The summed E-state index contributed by atoms with van der Waals surface area (Å²) in [6.07, 6.45) is -35.7. The summed E-state index contributed by atoms with van der Waals surface area (Å²) in [5, 5.41) is -1.33. The van der Waals surface area contributed by atoms with E-state index >= 15 is 0 Å². The van der Waals surface area contributed by atoms with Crippen LogP contribution in [0.1, 0.15) is 90.0 Å². The normalized spacial score (nSPS) is 32.7. The average molecular weight is 1280 g/mol. The molecule has 0 saturated carbocycles. The zero-order valence-electron chi connectivity index (χ0n) is 47.7. The van der Waals surface area contributed by atoms with Gasteiger partial charge >= 0.3 is 77.6 Å². The molecule has 0 unspecified atom stereocenters. The van der Waals surface area contributed by atoms with Crippen molar-refractivity contribution in [3.8, 4) is 0 Å². The molecular weight excluding hydrogens is 1210 g/mol. The molecule has 34 heteroatoms. The van der Waals surface area contributed by atoms with Gasteiger partial charge in [-0.2, -0.15) is 0 Å². The molecule has 4 aliphatic rings. The molecule has 4 rings (SSSR count). The maximum absolute atomic E-state index is 13.3. The predicted molar refractivity (Wildman–Crippen MR) is 265 cm³/mol. The number of rotatable bonds is 23. The largest absolute Gasteiger partial charge is 0.463 e. The molecular formula is C50H67BrO33. The summed E-state index contributed by atoms with van der Waals surface area (Å²) in [6, 6.07) is 0. The minimum Gasteiger partial charge on any atom is -0.463 e. The Bertz CT molecular complexity index is 2410. The summed E-state index contributed by atoms with van der Waals surface area (Å²) < 4.78 is 116. The molecule has 0 spiro atoms. The Balaban J connectivity index is 1.97. The highest BCUT2D eigenvalue weighted by Gasteiger charge is 2.61. The lowest BCUT2D eigenvalue weighted by molar-refractivity contribution is -0.385. The first kappa shape index (κ1) is 69.8. The summed E-state index contributed by atoms with van der Waals surface area (Å²) in [5.41, 5.74) is 0. The lowest BCUT2D eigenvalue weighted by Crippen LogP contribution is -2.69. The molecule has 0 aromatic carbocycles. The number of esters is 13. The quantitative estimate of drug-likeness (QED) is 0.0678. The van der Waals surface area contributed by atoms with Crippen molar-refractivity contribution >= 4 is 93.5 Å². The first-order valence-corrected chi connectivity index (χ1v) is 26.5. The van der Waals surface area contributed by atoms with Crippen LogP contribution in [0.25, 0.3) is 0 Å². The molecule has 0 amide bonds. The number of hydrogen-bond acceptors (Lipinski definition) is 33. The van der Waals surface area contributed by atoms with Crippen molar-refractivity contribution in [3.05, 3.63) is 0 Å². The van der Waals surface area contributed by atoms with Crippen LogP contribution in [-0.4, -0.2) is 226 Å². The first-order chi connectivity index (χ1) is 39.3. The van der Waals surface area contributed by atoms with E-state index in [1.165, 1.54) is 0 Å². The maximum Gasteiger partial charge on any atom is 0.303 e. The van der Waals surface area contributed by atoms with Crippen LogP contribution in [0.15, 0.2) is 0 Å². The van der Waals surface area contributed by atoms with E-state index in [0.29, 0.717) is 0 Å². The molecule has 0 radical (unpaired) electrons. The van der Waals surface area contributed by atoms with Gasteiger partial charge in [-0.15, -0.1) is 0 Å². The molecule has 0 bridgehead atoms. The number of ether oxygens (including phenoxy) is 20. The topological polar surface area (TPSA) is 407 Å². The van der Waals surface area contributed by atoms with Crippen LogP contribution in [0.2, 0.25) is 0 Å². The van der Waals surface area contributed by atoms with Crippen molar-refractivity contribution in [2.75, 3.05) is 26.4 Å². The standard InChI is InChI=1S/C50H67BrO33/c1-18(52)65-14-31-35(69-22(5)56)39(43(47(51)78-31)74-27(10)61)84-50-46(77-30(13)64)42(73-26(9)60)38(34(81-50)17-68-21(4)55)83-49-45(76-29(12)63)41(72-25(8)59)37(33(80-49)16-67-20(3)54)82-48-44(75-28(11)62)40(71-24(7)58)36(70-23(6)57)32(79-48)15-66-19(2)53/h31-50H,14-17H2,1-13H3/t31-,32-,33-,34-,35-,36-,37-,38-,39+,40+,41+,42+,43-,44-,45-,46-,47+,48+,49+,50+/m1/s1. The molecule has 4 fully saturated rings. The molecule has 472 valence electrons. The smallest absolute Gasteiger partial charge is 0.303 e. The Morgan fingerprint density at radius 2 is 0.452 bits per heavy atom. The molecule has 20 atom stereocenters. The first-order valence-electron chi connectivity index (χ1n) is 25.6. The van der Waals surface area contributed by atoms with Gasteiger partial charge in [0.05, 0.1) is 0 Å². The number of alkyl halides is 1. The molecule has 4 saturated heterocycles. The SMILES string of the molecule is CC(=O)OC[C@H]1O[C@H](Br)[C@H](OC(C)=O)[C@@H](O[C@@H]2O[C@H](COC(C)=O)[C@@H](O[C@@H]3O[C@H](COC(C)=O)[C@@H](O[C@@H]4O[C@H](COC(C)=O)[C@@H](OC(C)=O)[C@H](OC(C)=O)[C@H]4OC(C)=O)[C@H](OC(C)=O)[C@H]3OC(C)=O)[C@H](OC(C)=O)[C@H]2OC(C)=O)[C@@H]1OC(C)=O. The number of halogens is 1. The molecule has 0 N–H and O–H groups in total. The fourth-order valence-corrected chi connectivity index (χ4v) is 9.71. The van der Waals surface area contributed by atoms with Crippen molar-refractivity contribution < 1.29 is 157 Å². The molecule has 84 heavy (non-hydrogen) atoms. The maximum atomic E-state index is 13.3. The van der Waals surface area contributed by atoms with Gasteiger partial charge in [0.15, 0.2) is 78.8 Å². The van der Waals surface area contributed by atoms with Gasteiger partial charge in [0.25, 0.3) is 0 Å². The van der Waals surface area contributed by atoms with Crippen molar-refractivity contribution in [3.63, 3.8) is 0 Å². The van der Waals surface area contributed by atoms with Gasteiger partial charge in [0.2, 0.25) is 0 Å². The molecule has 4 aliphatic heterocycles. The summed E-state index contributed by atoms with van der Waals surface area (Å²) in [7, 11) is 0. The molecule has 0 aliphatic carbocycles. The van der Waals surface area contributed by atoms with Crippen molar-refractivity contribution in [2.24, 2.45) is 0 Å². The van der Waals surface area contributed by atoms with E-state index in [-0.39, 0.29) is 0 Å². The van der Waals surface area contributed by atoms with Gasteiger partial charge in [0.1, 0.15) is 69.2 Å². The van der Waals surface area contributed by atoms with Crippen LogP contribution < -0.4 is 0 Å². The van der Waals surface area contributed by atoms with Crippen LogP contribution in [0.5, 0.6) is 0 Å². The third kappa shape index (κ3) is 20.8. The minimum atomic E-state index is -2.19. The Morgan fingerprint density at radius 3 is 0.726 bits per heavy atom. The van der Waals surface area contributed by atoms with Crippen LogP contribution in [0.3, 0.4) is 0 Å². The van der Waals surface area contributed by atoms with Crippen LogP contribution in [0.4, 0.5) is 0 Å². The second kappa shape index (κ2) is 32.0. The van der Waals surface area contributed by atoms with E-state index in [2.05, 4.69) is 15.9 Å². The zero-order valence-corrected chi connectivity index (χ0v) is 49.3. The Morgan fingerprint density at radius 1 is 0.250 bits per heavy atom. The third-order valence-electron chi connectivity index (χ3n) is 11.7. The van der Waals surface area contributed by atoms with Gasteiger partial charge < -0.3 is 94.7 Å². The molecule has 0 aromatic rings. The molecule has 4 heterocycles. The fourth-order valence-electron chi connectivity index (χ4n) is 9.03. The Hall–Kier alpha value is -6.69. The Kier molecular flexibility index (Phi) is 26.6. The van der Waals surface area contributed by atoms with Crippen LogP contribution in [0, 0.1) is 0 Å². The van der Waals surface area contributed by atoms with Gasteiger partial charge in [-0.05, 0) is 0 Å². The Labute approximate surface area is 487 Å². The third-order valence-corrected chi connectivity index (χ3v) is 12.5. The van der Waals surface area contributed by atoms with E-state index in [0.717, 1.165) is 90.0 Å². The molecule has 0 aromatic heterocycles. The van der Waals surface area contributed by atoms with Crippen molar-refractivity contribution in [2.45, 2.75) is 212 Å². The molecule has 33 nitrogen and oxygen atoms in total. The van der Waals surface area contributed by atoms with E-state index < -0.39 is 226 Å².